The number of carbonyl (C=O) groups excluding carboxylic acids is 2. The molecule has 1 unspecified atom stereocenters. The van der Waals surface area contributed by atoms with Gasteiger partial charge in [0.25, 0.3) is 0 Å². The molecule has 5 rings (SSSR count). The first kappa shape index (κ1) is 52.2. The normalized spacial score (nSPS) is 23.2. The summed E-state index contributed by atoms with van der Waals surface area (Å²) in [7, 11) is -0.382. The molecule has 0 N–H and O–H groups in total. The monoisotopic (exact) mass is 926 g/mol. The molecule has 0 aromatic heterocycles. The molecule has 0 saturated carbocycles. The SMILES string of the molecule is COc1ccc(COC(/C=C\[C@@H](C)[C@H](C)O[Si](C)(C)C(C)(C)C)[C@H]2OC(C)(C)O[C@H]2C/C=C/c2cc(N(OC[C@H]3COC(C)(C)O3)C(=O)OC(C)(C)C)cc3c2C(=O)OC(C)(C)O3)cc1. The third-order valence-electron chi connectivity index (χ3n) is 11.7. The minimum absolute atomic E-state index is 0.0208. The topological polar surface area (TPSA) is 139 Å². The smallest absolute Gasteiger partial charge is 0.439 e. The van der Waals surface area contributed by atoms with E-state index in [2.05, 4.69) is 59.9 Å². The first-order valence-electron chi connectivity index (χ1n) is 22.7. The second-order valence-electron chi connectivity index (χ2n) is 21.0. The van der Waals surface area contributed by atoms with Gasteiger partial charge in [-0.15, -0.1) is 0 Å². The van der Waals surface area contributed by atoms with E-state index < -0.39 is 67.8 Å². The van der Waals surface area contributed by atoms with Crippen LogP contribution in [-0.2, 0) is 49.0 Å². The van der Waals surface area contributed by atoms with Crippen LogP contribution in [0.2, 0.25) is 18.1 Å². The van der Waals surface area contributed by atoms with Crippen LogP contribution in [0.15, 0.2) is 54.6 Å². The largest absolute Gasteiger partial charge is 0.497 e. The molecular formula is C50H75NO13Si. The summed E-state index contributed by atoms with van der Waals surface area (Å²) in [6.45, 7) is 32.1. The average Bonchev–Trinajstić information content (AvgIpc) is 3.68. The number of rotatable bonds is 17. The van der Waals surface area contributed by atoms with Crippen LogP contribution in [-0.4, -0.2) is 94.2 Å². The number of nitrogens with zero attached hydrogens (tertiary/aromatic N) is 1. The van der Waals surface area contributed by atoms with E-state index in [1.165, 1.54) is 0 Å². The molecule has 0 aliphatic carbocycles. The number of esters is 1. The summed E-state index contributed by atoms with van der Waals surface area (Å²) < 4.78 is 61.4. The number of anilines is 1. The molecule has 0 bridgehead atoms. The van der Waals surface area contributed by atoms with Gasteiger partial charge in [-0.05, 0) is 115 Å². The molecular weight excluding hydrogens is 851 g/mol. The molecule has 2 fully saturated rings. The van der Waals surface area contributed by atoms with Gasteiger partial charge < -0.3 is 47.1 Å². The maximum Gasteiger partial charge on any atom is 0.439 e. The van der Waals surface area contributed by atoms with Gasteiger partial charge in [-0.25, -0.2) is 9.59 Å². The lowest BCUT2D eigenvalue weighted by Crippen LogP contribution is -2.44. The van der Waals surface area contributed by atoms with Crippen molar-refractivity contribution in [2.24, 2.45) is 5.92 Å². The van der Waals surface area contributed by atoms with E-state index in [-0.39, 0.29) is 47.3 Å². The van der Waals surface area contributed by atoms with E-state index in [0.29, 0.717) is 18.6 Å². The van der Waals surface area contributed by atoms with Gasteiger partial charge in [0.2, 0.25) is 5.79 Å². The Morgan fingerprint density at radius 1 is 0.908 bits per heavy atom. The number of cyclic esters (lactones) is 1. The second kappa shape index (κ2) is 20.2. The average molecular weight is 926 g/mol. The Hall–Kier alpha value is -3.80. The van der Waals surface area contributed by atoms with E-state index in [4.69, 9.17) is 51.9 Å². The molecule has 6 atom stereocenters. The lowest BCUT2D eigenvalue weighted by atomic mass is 9.99. The van der Waals surface area contributed by atoms with Gasteiger partial charge in [0.15, 0.2) is 19.9 Å². The highest BCUT2D eigenvalue weighted by atomic mass is 28.4. The van der Waals surface area contributed by atoms with Crippen LogP contribution in [0, 0.1) is 5.92 Å². The minimum Gasteiger partial charge on any atom is -0.497 e. The predicted octanol–water partition coefficient (Wildman–Crippen LogP) is 10.9. The molecule has 3 aliphatic rings. The summed E-state index contributed by atoms with van der Waals surface area (Å²) in [5.74, 6) is -2.55. The van der Waals surface area contributed by atoms with Gasteiger partial charge >= 0.3 is 12.1 Å². The molecule has 2 saturated heterocycles. The van der Waals surface area contributed by atoms with Crippen LogP contribution < -0.4 is 14.5 Å². The highest BCUT2D eigenvalue weighted by molar-refractivity contribution is 6.74. The standard InChI is InChI=1S/C50H75NO13Si/c1-32(33(2)64-65(16,17)47(6,7)8)21-26-39(55-29-34-22-24-37(54-15)25-23-34)43-40(59-49(11,12)61-43)20-18-19-35-27-36(28-41-42(35)44(52)62-50(13,14)60-41)51(45(53)63-46(3,4)5)57-31-38-30-56-48(9,10)58-38/h18-19,21-28,32-33,38-40,43H,20,29-31H2,1-17H3/b19-18+,26-21-/t32-,33+,38-,39?,40+,43-/m1/s1. The number of fused-ring (bicyclic) bond motifs is 1. The van der Waals surface area contributed by atoms with Gasteiger partial charge in [-0.3, -0.25) is 4.84 Å². The Bertz CT molecular complexity index is 2010. The van der Waals surface area contributed by atoms with Crippen LogP contribution in [0.1, 0.15) is 125 Å². The van der Waals surface area contributed by atoms with Gasteiger partial charge in [-0.1, -0.05) is 64.1 Å². The highest BCUT2D eigenvalue weighted by Gasteiger charge is 2.45. The quantitative estimate of drug-likeness (QED) is 0.0644. The summed E-state index contributed by atoms with van der Waals surface area (Å²) in [5.41, 5.74) is 0.999. The van der Waals surface area contributed by atoms with Crippen molar-refractivity contribution in [1.82, 2.24) is 0 Å². The van der Waals surface area contributed by atoms with Crippen LogP contribution in [0.5, 0.6) is 11.5 Å². The Labute approximate surface area is 388 Å². The van der Waals surface area contributed by atoms with Crippen LogP contribution in [0.4, 0.5) is 10.5 Å². The molecule has 0 spiro atoms. The number of benzene rings is 2. The highest BCUT2D eigenvalue weighted by Crippen LogP contribution is 2.41. The number of ether oxygens (including phenoxy) is 9. The molecule has 2 aromatic carbocycles. The molecule has 14 nitrogen and oxygen atoms in total. The molecule has 3 aliphatic heterocycles. The number of hydrogen-bond donors (Lipinski definition) is 0. The summed E-state index contributed by atoms with van der Waals surface area (Å²) in [4.78, 5) is 33.6. The van der Waals surface area contributed by atoms with Crippen molar-refractivity contribution in [3.05, 3.63) is 71.3 Å². The summed E-state index contributed by atoms with van der Waals surface area (Å²) in [6.07, 6.45) is 5.51. The zero-order valence-electron chi connectivity index (χ0n) is 41.8. The van der Waals surface area contributed by atoms with Crippen molar-refractivity contribution < 1.29 is 61.5 Å². The van der Waals surface area contributed by atoms with Crippen molar-refractivity contribution in [2.45, 2.75) is 182 Å². The van der Waals surface area contributed by atoms with Crippen LogP contribution in [0.3, 0.4) is 0 Å². The van der Waals surface area contributed by atoms with Crippen molar-refractivity contribution in [3.63, 3.8) is 0 Å². The third kappa shape index (κ3) is 14.3. The Morgan fingerprint density at radius 3 is 2.18 bits per heavy atom. The number of amides is 1. The predicted molar refractivity (Wildman–Crippen MR) is 251 cm³/mol. The summed E-state index contributed by atoms with van der Waals surface area (Å²) in [6, 6.07) is 11.0. The third-order valence-corrected chi connectivity index (χ3v) is 16.3. The van der Waals surface area contributed by atoms with E-state index in [1.807, 2.05) is 58.0 Å². The fourth-order valence-electron chi connectivity index (χ4n) is 7.29. The number of methoxy groups -OCH3 is 1. The van der Waals surface area contributed by atoms with E-state index in [9.17, 15) is 9.59 Å². The number of hydroxylamine groups is 1. The first-order chi connectivity index (χ1) is 30.0. The van der Waals surface area contributed by atoms with Gasteiger partial charge in [0.05, 0.1) is 32.1 Å². The molecule has 15 heteroatoms. The molecule has 362 valence electrons. The Kier molecular flexibility index (Phi) is 16.2. The molecule has 65 heavy (non-hydrogen) atoms. The van der Waals surface area contributed by atoms with Gasteiger partial charge in [0, 0.05) is 26.0 Å². The van der Waals surface area contributed by atoms with Crippen molar-refractivity contribution in [1.29, 1.82) is 0 Å². The minimum atomic E-state index is -2.02. The number of hydrogen-bond acceptors (Lipinski definition) is 13. The fourth-order valence-corrected chi connectivity index (χ4v) is 8.78. The van der Waals surface area contributed by atoms with Crippen molar-refractivity contribution in [3.8, 4) is 11.5 Å². The molecule has 1 amide bonds. The molecule has 2 aromatic rings. The second-order valence-corrected chi connectivity index (χ2v) is 25.8. The first-order valence-corrected chi connectivity index (χ1v) is 25.6. The van der Waals surface area contributed by atoms with E-state index >= 15 is 0 Å². The van der Waals surface area contributed by atoms with E-state index in [1.54, 1.807) is 59.9 Å². The van der Waals surface area contributed by atoms with Crippen LogP contribution >= 0.6 is 0 Å². The zero-order valence-corrected chi connectivity index (χ0v) is 42.8. The van der Waals surface area contributed by atoms with E-state index in [0.717, 1.165) is 16.4 Å². The lowest BCUT2D eigenvalue weighted by Gasteiger charge is -2.39. The van der Waals surface area contributed by atoms with Crippen LogP contribution in [0.25, 0.3) is 6.08 Å². The van der Waals surface area contributed by atoms with Gasteiger partial charge in [-0.2, -0.15) is 5.06 Å². The van der Waals surface area contributed by atoms with Crippen molar-refractivity contribution >= 4 is 32.1 Å². The maximum atomic E-state index is 13.8. The Morgan fingerprint density at radius 2 is 1.58 bits per heavy atom. The van der Waals surface area contributed by atoms with Gasteiger partial charge in [0.1, 0.15) is 47.6 Å². The summed E-state index contributed by atoms with van der Waals surface area (Å²) >= 11 is 0. The summed E-state index contributed by atoms with van der Waals surface area (Å²) in [5, 5.41) is 1.13. The van der Waals surface area contributed by atoms with Crippen molar-refractivity contribution in [2.75, 3.05) is 25.4 Å². The number of carbonyl (C=O) groups is 2. The Balaban J connectivity index is 1.47. The molecule has 3 heterocycles. The molecule has 0 radical (unpaired) electrons. The lowest BCUT2D eigenvalue weighted by molar-refractivity contribution is -0.156. The zero-order chi connectivity index (χ0) is 48.3. The maximum absolute atomic E-state index is 13.8. The fraction of sp³-hybridized carbons (Fsp3) is 0.640.